The molecule has 7 nitrogen and oxygen atoms in total. The fourth-order valence-electron chi connectivity index (χ4n) is 2.82. The van der Waals surface area contributed by atoms with Crippen LogP contribution in [0.3, 0.4) is 0 Å². The number of carbonyl (C=O) groups is 3. The fourth-order valence-corrected chi connectivity index (χ4v) is 6.06. The minimum atomic E-state index is -3.13. The largest absolute Gasteiger partial charge is 0.333 e. The summed E-state index contributed by atoms with van der Waals surface area (Å²) in [6.45, 7) is 0.323. The van der Waals surface area contributed by atoms with Gasteiger partial charge in [0.1, 0.15) is 5.25 Å². The van der Waals surface area contributed by atoms with Crippen LogP contribution in [0.5, 0.6) is 0 Å². The molecule has 24 heavy (non-hydrogen) atoms. The van der Waals surface area contributed by atoms with Crippen molar-refractivity contribution in [3.05, 3.63) is 22.4 Å². The molecule has 130 valence electrons. The Kier molecular flexibility index (Phi) is 4.97. The van der Waals surface area contributed by atoms with Crippen LogP contribution in [-0.4, -0.2) is 53.2 Å². The van der Waals surface area contributed by atoms with Crippen LogP contribution in [0.4, 0.5) is 4.79 Å². The maximum absolute atomic E-state index is 12.7. The Morgan fingerprint density at radius 3 is 2.71 bits per heavy atom. The molecule has 0 bridgehead atoms. The first kappa shape index (κ1) is 17.4. The molecule has 10 heteroatoms. The molecule has 2 aliphatic rings. The molecule has 3 amide bonds. The first-order chi connectivity index (χ1) is 11.3. The third-order valence-electron chi connectivity index (χ3n) is 4.00. The summed E-state index contributed by atoms with van der Waals surface area (Å²) in [5, 5.41) is 2.86. The summed E-state index contributed by atoms with van der Waals surface area (Å²) in [6.07, 6.45) is 0.298. The maximum atomic E-state index is 12.7. The summed E-state index contributed by atoms with van der Waals surface area (Å²) in [4.78, 5) is 38.1. The summed E-state index contributed by atoms with van der Waals surface area (Å²) < 4.78 is 23.5. The first-order valence-electron chi connectivity index (χ1n) is 7.38. The number of thioether (sulfide) groups is 1. The van der Waals surface area contributed by atoms with Crippen molar-refractivity contribution >= 4 is 50.0 Å². The quantitative estimate of drug-likeness (QED) is 0.808. The van der Waals surface area contributed by atoms with Crippen LogP contribution in [0.1, 0.15) is 17.7 Å². The zero-order chi connectivity index (χ0) is 17.3. The van der Waals surface area contributed by atoms with E-state index in [1.54, 1.807) is 4.90 Å². The monoisotopic (exact) mass is 388 g/mol. The van der Waals surface area contributed by atoms with Crippen LogP contribution < -0.4 is 5.32 Å². The zero-order valence-electron chi connectivity index (χ0n) is 12.6. The highest BCUT2D eigenvalue weighted by molar-refractivity contribution is 8.15. The van der Waals surface area contributed by atoms with E-state index in [0.717, 1.165) is 16.6 Å². The Balaban J connectivity index is 1.74. The van der Waals surface area contributed by atoms with Gasteiger partial charge in [0.25, 0.3) is 5.24 Å². The zero-order valence-corrected chi connectivity index (χ0v) is 15.1. The van der Waals surface area contributed by atoms with Gasteiger partial charge in [0, 0.05) is 17.3 Å². The third-order valence-corrected chi connectivity index (χ3v) is 7.60. The number of carbonyl (C=O) groups excluding carboxylic acids is 3. The maximum Gasteiger partial charge on any atom is 0.286 e. The van der Waals surface area contributed by atoms with Crippen LogP contribution in [0.2, 0.25) is 0 Å². The van der Waals surface area contributed by atoms with Gasteiger partial charge in [-0.2, -0.15) is 0 Å². The molecule has 1 aromatic heterocycles. The van der Waals surface area contributed by atoms with E-state index in [2.05, 4.69) is 5.32 Å². The molecule has 1 N–H and O–H groups in total. The number of hydrogen-bond acceptors (Lipinski definition) is 7. The minimum absolute atomic E-state index is 0.0486. The summed E-state index contributed by atoms with van der Waals surface area (Å²) in [6, 6.07) is 3.37. The molecule has 0 saturated carbocycles. The van der Waals surface area contributed by atoms with E-state index in [9.17, 15) is 22.8 Å². The third kappa shape index (κ3) is 3.98. The van der Waals surface area contributed by atoms with Crippen LogP contribution in [0.15, 0.2) is 17.5 Å². The second kappa shape index (κ2) is 6.85. The Morgan fingerprint density at radius 1 is 1.38 bits per heavy atom. The Bertz CT molecular complexity index is 759. The van der Waals surface area contributed by atoms with Gasteiger partial charge in [0.2, 0.25) is 11.8 Å². The molecular formula is C14H16N2O5S3. The van der Waals surface area contributed by atoms with E-state index in [0.29, 0.717) is 13.0 Å². The van der Waals surface area contributed by atoms with Crippen molar-refractivity contribution in [1.29, 1.82) is 0 Å². The highest BCUT2D eigenvalue weighted by Crippen LogP contribution is 2.26. The molecule has 0 spiro atoms. The van der Waals surface area contributed by atoms with E-state index >= 15 is 0 Å². The van der Waals surface area contributed by atoms with Gasteiger partial charge in [-0.1, -0.05) is 17.8 Å². The SMILES string of the molecule is O=C1NC(=O)C(CC(=O)N(Cc2cccs2)C2CCS(=O)(=O)C2)S1. The number of nitrogens with one attached hydrogen (secondary N) is 1. The smallest absolute Gasteiger partial charge is 0.286 e. The number of nitrogens with zero attached hydrogens (tertiary/aromatic N) is 1. The Hall–Kier alpha value is -1.39. The number of amides is 3. The first-order valence-corrected chi connectivity index (χ1v) is 11.0. The second-order valence-corrected chi connectivity index (χ2v) is 10.2. The molecule has 3 heterocycles. The van der Waals surface area contributed by atoms with Gasteiger partial charge in [-0.3, -0.25) is 19.7 Å². The van der Waals surface area contributed by atoms with Crippen molar-refractivity contribution in [3.8, 4) is 0 Å². The van der Waals surface area contributed by atoms with Gasteiger partial charge < -0.3 is 4.90 Å². The predicted octanol–water partition coefficient (Wildman–Crippen LogP) is 1.01. The lowest BCUT2D eigenvalue weighted by Crippen LogP contribution is -2.42. The summed E-state index contributed by atoms with van der Waals surface area (Å²) in [5.41, 5.74) is 0. The molecule has 1 aromatic rings. The standard InChI is InChI=1S/C14H16N2O5S3/c17-12(6-11-13(18)15-14(19)23-11)16(7-10-2-1-4-22-10)9-3-5-24(20,21)8-9/h1-2,4,9,11H,3,5-8H2,(H,15,18,19). The van der Waals surface area contributed by atoms with Gasteiger partial charge in [-0.25, -0.2) is 8.42 Å². The minimum Gasteiger partial charge on any atom is -0.333 e. The summed E-state index contributed by atoms with van der Waals surface area (Å²) in [7, 11) is -3.13. The van der Waals surface area contributed by atoms with Gasteiger partial charge >= 0.3 is 0 Å². The fraction of sp³-hybridized carbons (Fsp3) is 0.500. The molecule has 3 rings (SSSR count). The predicted molar refractivity (Wildman–Crippen MR) is 91.5 cm³/mol. The van der Waals surface area contributed by atoms with Crippen molar-refractivity contribution in [3.63, 3.8) is 0 Å². The van der Waals surface area contributed by atoms with Gasteiger partial charge in [-0.15, -0.1) is 11.3 Å². The molecule has 2 atom stereocenters. The molecule has 2 saturated heterocycles. The molecule has 2 fully saturated rings. The lowest BCUT2D eigenvalue weighted by atomic mass is 10.1. The average Bonchev–Trinajstić information content (AvgIpc) is 3.18. The van der Waals surface area contributed by atoms with Crippen molar-refractivity contribution in [1.82, 2.24) is 10.2 Å². The van der Waals surface area contributed by atoms with Crippen molar-refractivity contribution in [2.24, 2.45) is 0 Å². The van der Waals surface area contributed by atoms with E-state index in [1.165, 1.54) is 11.3 Å². The molecule has 2 unspecified atom stereocenters. The van der Waals surface area contributed by atoms with Crippen molar-refractivity contribution in [2.75, 3.05) is 11.5 Å². The lowest BCUT2D eigenvalue weighted by Gasteiger charge is -2.28. The normalized spacial score (nSPS) is 25.7. The van der Waals surface area contributed by atoms with E-state index in [-0.39, 0.29) is 29.9 Å². The molecule has 0 radical (unpaired) electrons. The number of rotatable bonds is 5. The summed E-state index contributed by atoms with van der Waals surface area (Å²) >= 11 is 2.30. The van der Waals surface area contributed by atoms with Crippen LogP contribution in [0, 0.1) is 0 Å². The Morgan fingerprint density at radius 2 is 2.17 bits per heavy atom. The number of thiophene rings is 1. The molecular weight excluding hydrogens is 372 g/mol. The van der Waals surface area contributed by atoms with E-state index in [4.69, 9.17) is 0 Å². The topological polar surface area (TPSA) is 101 Å². The average molecular weight is 388 g/mol. The lowest BCUT2D eigenvalue weighted by molar-refractivity contribution is -0.135. The second-order valence-electron chi connectivity index (χ2n) is 5.75. The highest BCUT2D eigenvalue weighted by Gasteiger charge is 2.38. The highest BCUT2D eigenvalue weighted by atomic mass is 32.2. The van der Waals surface area contributed by atoms with Crippen LogP contribution in [-0.2, 0) is 26.0 Å². The van der Waals surface area contributed by atoms with Gasteiger partial charge in [-0.05, 0) is 17.9 Å². The van der Waals surface area contributed by atoms with Crippen LogP contribution in [0.25, 0.3) is 0 Å². The van der Waals surface area contributed by atoms with E-state index in [1.807, 2.05) is 17.5 Å². The van der Waals surface area contributed by atoms with Crippen LogP contribution >= 0.6 is 23.1 Å². The van der Waals surface area contributed by atoms with E-state index < -0.39 is 26.2 Å². The number of hydrogen-bond donors (Lipinski definition) is 1. The summed E-state index contributed by atoms with van der Waals surface area (Å²) in [5.74, 6) is -0.739. The van der Waals surface area contributed by atoms with Crippen molar-refractivity contribution < 1.29 is 22.8 Å². The molecule has 0 aromatic carbocycles. The van der Waals surface area contributed by atoms with Crippen molar-refractivity contribution in [2.45, 2.75) is 30.7 Å². The number of imide groups is 1. The molecule has 2 aliphatic heterocycles. The number of sulfone groups is 1. The van der Waals surface area contributed by atoms with Gasteiger partial charge in [0.05, 0.1) is 18.1 Å². The Labute approximate surface area is 147 Å². The molecule has 0 aliphatic carbocycles. The van der Waals surface area contributed by atoms with Gasteiger partial charge in [0.15, 0.2) is 9.84 Å².